The predicted molar refractivity (Wildman–Crippen MR) is 79.3 cm³/mol. The molecule has 0 amide bonds. The zero-order valence-corrected chi connectivity index (χ0v) is 13.1. The van der Waals surface area contributed by atoms with E-state index < -0.39 is 17.9 Å². The normalized spacial score (nSPS) is 15.7. The molecule has 2 atom stereocenters. The molecule has 1 N–H and O–H groups in total. The van der Waals surface area contributed by atoms with Crippen LogP contribution in [-0.2, 0) is 14.3 Å². The predicted octanol–water partition coefficient (Wildman–Crippen LogP) is 3.58. The largest absolute Gasteiger partial charge is 0.481 e. The lowest BCUT2D eigenvalue weighted by molar-refractivity contribution is -0.151. The van der Waals surface area contributed by atoms with Gasteiger partial charge in [0.05, 0.1) is 19.4 Å². The van der Waals surface area contributed by atoms with Crippen LogP contribution in [0.5, 0.6) is 0 Å². The first kappa shape index (κ1) is 18.4. The number of rotatable bonds is 8. The van der Waals surface area contributed by atoms with Crippen LogP contribution in [0.4, 0.5) is 0 Å². The van der Waals surface area contributed by atoms with Crippen LogP contribution in [0, 0.1) is 11.8 Å². The average Bonchev–Trinajstić information content (AvgIpc) is 2.40. The molecule has 0 aliphatic rings. The fraction of sp³-hybridized carbons (Fsp3) is 0.625. The topological polar surface area (TPSA) is 63.6 Å². The second-order valence-corrected chi connectivity index (χ2v) is 5.21. The quantitative estimate of drug-likeness (QED) is 0.546. The first-order valence-corrected chi connectivity index (χ1v) is 6.94. The lowest BCUT2D eigenvalue weighted by atomic mass is 9.89. The highest BCUT2D eigenvalue weighted by Crippen LogP contribution is 2.21. The summed E-state index contributed by atoms with van der Waals surface area (Å²) >= 11 is 0. The summed E-state index contributed by atoms with van der Waals surface area (Å²) in [7, 11) is 1.27. The van der Waals surface area contributed by atoms with E-state index in [4.69, 9.17) is 0 Å². The summed E-state index contributed by atoms with van der Waals surface area (Å²) in [5, 5.41) is 9.21. The molecule has 0 spiro atoms. The van der Waals surface area contributed by atoms with Gasteiger partial charge in [-0.15, -0.1) is 0 Å². The van der Waals surface area contributed by atoms with Gasteiger partial charge in [-0.05, 0) is 32.6 Å². The Morgan fingerprint density at radius 1 is 1.25 bits per heavy atom. The van der Waals surface area contributed by atoms with Gasteiger partial charge in [-0.25, -0.2) is 0 Å². The fourth-order valence-electron chi connectivity index (χ4n) is 1.87. The number of aliphatic carboxylic acids is 1. The molecule has 0 saturated carbocycles. The van der Waals surface area contributed by atoms with Gasteiger partial charge in [0.1, 0.15) is 0 Å². The fourth-order valence-corrected chi connectivity index (χ4v) is 1.87. The van der Waals surface area contributed by atoms with E-state index in [1.165, 1.54) is 12.7 Å². The van der Waals surface area contributed by atoms with Crippen molar-refractivity contribution in [3.63, 3.8) is 0 Å². The summed E-state index contributed by atoms with van der Waals surface area (Å²) in [6, 6.07) is 0. The first-order valence-electron chi connectivity index (χ1n) is 6.94. The van der Waals surface area contributed by atoms with Crippen molar-refractivity contribution in [2.45, 2.75) is 47.0 Å². The van der Waals surface area contributed by atoms with Crippen molar-refractivity contribution in [3.05, 3.63) is 23.3 Å². The summed E-state index contributed by atoms with van der Waals surface area (Å²) in [5.41, 5.74) is 2.43. The number of methoxy groups -OCH3 is 1. The maximum atomic E-state index is 11.3. The van der Waals surface area contributed by atoms with E-state index in [9.17, 15) is 14.7 Å². The lowest BCUT2D eigenvalue weighted by Gasteiger charge is -2.16. The minimum atomic E-state index is -0.966. The average molecular weight is 282 g/mol. The number of hydrogen-bond acceptors (Lipinski definition) is 3. The monoisotopic (exact) mass is 282 g/mol. The number of carbonyl (C=O) groups is 2. The van der Waals surface area contributed by atoms with E-state index in [0.29, 0.717) is 0 Å². The van der Waals surface area contributed by atoms with Gasteiger partial charge < -0.3 is 9.84 Å². The molecule has 2 unspecified atom stereocenters. The number of esters is 1. The molecule has 0 aromatic rings. The molecule has 0 aromatic heterocycles. The second-order valence-electron chi connectivity index (χ2n) is 5.21. The lowest BCUT2D eigenvalue weighted by Crippen LogP contribution is -2.24. The highest BCUT2D eigenvalue weighted by molar-refractivity contribution is 5.79. The van der Waals surface area contributed by atoms with Crippen LogP contribution in [0.15, 0.2) is 23.3 Å². The Bertz CT molecular complexity index is 393. The van der Waals surface area contributed by atoms with Crippen LogP contribution in [0.25, 0.3) is 0 Å². The molecule has 0 aromatic carbocycles. The van der Waals surface area contributed by atoms with Crippen LogP contribution in [0.3, 0.4) is 0 Å². The molecule has 4 nitrogen and oxygen atoms in total. The second kappa shape index (κ2) is 9.34. The highest BCUT2D eigenvalue weighted by Gasteiger charge is 2.26. The van der Waals surface area contributed by atoms with Gasteiger partial charge in [-0.3, -0.25) is 9.59 Å². The Labute approximate surface area is 121 Å². The molecule has 0 saturated heterocycles. The van der Waals surface area contributed by atoms with Crippen LogP contribution in [-0.4, -0.2) is 24.2 Å². The summed E-state index contributed by atoms with van der Waals surface area (Å²) in [4.78, 5) is 22.5. The molecule has 0 heterocycles. The number of ether oxygens (including phenoxy) is 1. The van der Waals surface area contributed by atoms with Gasteiger partial charge in [0, 0.05) is 0 Å². The van der Waals surface area contributed by atoms with Gasteiger partial charge >= 0.3 is 11.9 Å². The molecule has 114 valence electrons. The summed E-state index contributed by atoms with van der Waals surface area (Å²) in [6.07, 6.45) is 5.81. The molecule has 4 heteroatoms. The Balaban J connectivity index is 4.77. The van der Waals surface area contributed by atoms with E-state index in [-0.39, 0.29) is 12.3 Å². The van der Waals surface area contributed by atoms with E-state index >= 15 is 0 Å². The Morgan fingerprint density at radius 3 is 2.30 bits per heavy atom. The zero-order chi connectivity index (χ0) is 15.7. The first-order chi connectivity index (χ1) is 9.31. The molecular weight excluding hydrogens is 256 g/mol. The molecule has 0 fully saturated rings. The number of carbonyl (C=O) groups excluding carboxylic acids is 1. The molecule has 0 aliphatic heterocycles. The molecule has 0 aliphatic carbocycles. The Kier molecular flexibility index (Phi) is 8.61. The molecule has 0 rings (SSSR count). The summed E-state index contributed by atoms with van der Waals surface area (Å²) < 4.78 is 4.55. The maximum absolute atomic E-state index is 11.3. The van der Waals surface area contributed by atoms with Gasteiger partial charge in [0.15, 0.2) is 0 Å². The molecule has 0 radical (unpaired) electrons. The van der Waals surface area contributed by atoms with E-state index in [2.05, 4.69) is 24.7 Å². The van der Waals surface area contributed by atoms with Crippen molar-refractivity contribution in [1.29, 1.82) is 0 Å². The van der Waals surface area contributed by atoms with Crippen LogP contribution < -0.4 is 0 Å². The van der Waals surface area contributed by atoms with Crippen molar-refractivity contribution in [2.75, 3.05) is 7.11 Å². The molecule has 0 bridgehead atoms. The number of carboxylic acids is 1. The van der Waals surface area contributed by atoms with Crippen LogP contribution in [0.2, 0.25) is 0 Å². The number of allylic oxidation sites excluding steroid dienone is 4. The Morgan fingerprint density at radius 2 is 1.85 bits per heavy atom. The van der Waals surface area contributed by atoms with Crippen molar-refractivity contribution < 1.29 is 19.4 Å². The standard InChI is InChI=1S/C16H26O4/c1-6-11(2)7-8-12(3)9-13(4)14(16(18)19)10-15(17)20-5/h7,9,13-14H,6,8,10H2,1-5H3,(H,18,19)/b11-7-,12-9+. The number of hydrogen-bond donors (Lipinski definition) is 1. The third-order valence-electron chi connectivity index (χ3n) is 3.44. The third-order valence-corrected chi connectivity index (χ3v) is 3.44. The zero-order valence-electron chi connectivity index (χ0n) is 13.1. The van der Waals surface area contributed by atoms with Gasteiger partial charge in [-0.1, -0.05) is 37.1 Å². The van der Waals surface area contributed by atoms with E-state index in [1.807, 2.05) is 19.9 Å². The van der Waals surface area contributed by atoms with Crippen molar-refractivity contribution in [1.82, 2.24) is 0 Å². The minimum absolute atomic E-state index is 0.0966. The van der Waals surface area contributed by atoms with Crippen LogP contribution in [0.1, 0.15) is 47.0 Å². The Hall–Kier alpha value is -1.58. The van der Waals surface area contributed by atoms with E-state index in [0.717, 1.165) is 18.4 Å². The van der Waals surface area contributed by atoms with Gasteiger partial charge in [-0.2, -0.15) is 0 Å². The highest BCUT2D eigenvalue weighted by atomic mass is 16.5. The molecule has 20 heavy (non-hydrogen) atoms. The summed E-state index contributed by atoms with van der Waals surface area (Å²) in [5.74, 6) is -2.40. The maximum Gasteiger partial charge on any atom is 0.307 e. The third kappa shape index (κ3) is 7.12. The van der Waals surface area contributed by atoms with Crippen LogP contribution >= 0.6 is 0 Å². The number of carboxylic acid groups (broad SMARTS) is 1. The minimum Gasteiger partial charge on any atom is -0.481 e. The smallest absolute Gasteiger partial charge is 0.307 e. The van der Waals surface area contributed by atoms with Gasteiger partial charge in [0.25, 0.3) is 0 Å². The SMILES string of the molecule is CC/C(C)=C\C/C(C)=C/C(C)C(CC(=O)OC)C(=O)O. The summed E-state index contributed by atoms with van der Waals surface area (Å²) in [6.45, 7) is 7.98. The van der Waals surface area contributed by atoms with Crippen molar-refractivity contribution >= 4 is 11.9 Å². The van der Waals surface area contributed by atoms with Crippen molar-refractivity contribution in [2.24, 2.45) is 11.8 Å². The van der Waals surface area contributed by atoms with Gasteiger partial charge in [0.2, 0.25) is 0 Å². The van der Waals surface area contributed by atoms with E-state index in [1.54, 1.807) is 0 Å². The van der Waals surface area contributed by atoms with Crippen molar-refractivity contribution in [3.8, 4) is 0 Å². The molecular formula is C16H26O4.